The van der Waals surface area contributed by atoms with Crippen molar-refractivity contribution in [3.05, 3.63) is 28.8 Å². The normalized spacial score (nSPS) is 12.5. The SMILES string of the molecule is CSc1ccc(C(N)C(=O)O)cc1Cl. The number of benzene rings is 1. The van der Waals surface area contributed by atoms with Gasteiger partial charge in [-0.15, -0.1) is 11.8 Å². The molecular weight excluding hydrogens is 222 g/mol. The second kappa shape index (κ2) is 4.68. The third-order valence-corrected chi connectivity index (χ3v) is 3.02. The quantitative estimate of drug-likeness (QED) is 0.783. The summed E-state index contributed by atoms with van der Waals surface area (Å²) in [7, 11) is 0. The van der Waals surface area contributed by atoms with Crippen molar-refractivity contribution in [2.75, 3.05) is 6.26 Å². The highest BCUT2D eigenvalue weighted by molar-refractivity contribution is 7.98. The topological polar surface area (TPSA) is 63.3 Å². The molecule has 1 aromatic carbocycles. The van der Waals surface area contributed by atoms with Crippen molar-refractivity contribution in [1.82, 2.24) is 0 Å². The van der Waals surface area contributed by atoms with Crippen LogP contribution in [-0.4, -0.2) is 17.3 Å². The first-order valence-electron chi connectivity index (χ1n) is 3.88. The molecule has 5 heteroatoms. The molecule has 0 aliphatic carbocycles. The summed E-state index contributed by atoms with van der Waals surface area (Å²) in [5.74, 6) is -1.06. The van der Waals surface area contributed by atoms with Gasteiger partial charge in [0.15, 0.2) is 0 Å². The highest BCUT2D eigenvalue weighted by Crippen LogP contribution is 2.27. The van der Waals surface area contributed by atoms with E-state index >= 15 is 0 Å². The molecule has 0 aliphatic heterocycles. The number of nitrogens with two attached hydrogens (primary N) is 1. The highest BCUT2D eigenvalue weighted by atomic mass is 35.5. The van der Waals surface area contributed by atoms with Crippen molar-refractivity contribution in [2.45, 2.75) is 10.9 Å². The number of thioether (sulfide) groups is 1. The smallest absolute Gasteiger partial charge is 0.325 e. The van der Waals surface area contributed by atoms with Crippen molar-refractivity contribution in [3.8, 4) is 0 Å². The van der Waals surface area contributed by atoms with E-state index in [1.165, 1.54) is 11.8 Å². The van der Waals surface area contributed by atoms with Crippen LogP contribution in [0, 0.1) is 0 Å². The Kier molecular flexibility index (Phi) is 3.80. The maximum Gasteiger partial charge on any atom is 0.325 e. The number of halogens is 1. The fourth-order valence-corrected chi connectivity index (χ4v) is 1.90. The third kappa shape index (κ3) is 2.41. The Morgan fingerprint density at radius 2 is 2.29 bits per heavy atom. The van der Waals surface area contributed by atoms with Crippen LogP contribution in [0.25, 0.3) is 0 Å². The summed E-state index contributed by atoms with van der Waals surface area (Å²) in [4.78, 5) is 11.5. The standard InChI is InChI=1S/C9H10ClNO2S/c1-14-7-3-2-5(4-6(7)10)8(11)9(12)13/h2-4,8H,11H2,1H3,(H,12,13). The van der Waals surface area contributed by atoms with E-state index in [9.17, 15) is 4.79 Å². The number of carbonyl (C=O) groups is 1. The van der Waals surface area contributed by atoms with Gasteiger partial charge in [-0.2, -0.15) is 0 Å². The number of rotatable bonds is 3. The van der Waals surface area contributed by atoms with Gasteiger partial charge in [0.1, 0.15) is 6.04 Å². The minimum atomic E-state index is -1.06. The van der Waals surface area contributed by atoms with E-state index < -0.39 is 12.0 Å². The summed E-state index contributed by atoms with van der Waals surface area (Å²) >= 11 is 7.41. The van der Waals surface area contributed by atoms with Gasteiger partial charge in [0.25, 0.3) is 0 Å². The molecule has 3 N–H and O–H groups in total. The second-order valence-corrected chi connectivity index (χ2v) is 3.97. The van der Waals surface area contributed by atoms with Crippen molar-refractivity contribution < 1.29 is 9.90 Å². The molecule has 1 rings (SSSR count). The maximum absolute atomic E-state index is 10.6. The summed E-state index contributed by atoms with van der Waals surface area (Å²) in [5.41, 5.74) is 5.95. The van der Waals surface area contributed by atoms with Gasteiger partial charge >= 0.3 is 5.97 Å². The minimum absolute atomic E-state index is 0.514. The summed E-state index contributed by atoms with van der Waals surface area (Å²) in [5, 5.41) is 9.21. The van der Waals surface area contributed by atoms with Gasteiger partial charge in [0.05, 0.1) is 5.02 Å². The van der Waals surface area contributed by atoms with Crippen LogP contribution in [0.3, 0.4) is 0 Å². The third-order valence-electron chi connectivity index (χ3n) is 1.80. The zero-order valence-electron chi connectivity index (χ0n) is 7.53. The van der Waals surface area contributed by atoms with E-state index in [1.807, 2.05) is 6.26 Å². The fourth-order valence-electron chi connectivity index (χ4n) is 1.02. The van der Waals surface area contributed by atoms with Gasteiger partial charge in [-0.3, -0.25) is 4.79 Å². The Morgan fingerprint density at radius 3 is 2.71 bits per heavy atom. The zero-order valence-corrected chi connectivity index (χ0v) is 9.10. The van der Waals surface area contributed by atoms with E-state index in [0.717, 1.165) is 4.90 Å². The summed E-state index contributed by atoms with van der Waals surface area (Å²) < 4.78 is 0. The number of hydrogen-bond acceptors (Lipinski definition) is 3. The first kappa shape index (κ1) is 11.4. The predicted octanol–water partition coefficient (Wildman–Crippen LogP) is 2.15. The lowest BCUT2D eigenvalue weighted by Crippen LogP contribution is -2.20. The Hall–Kier alpha value is -0.710. The molecule has 0 saturated heterocycles. The van der Waals surface area contributed by atoms with Crippen molar-refractivity contribution in [2.24, 2.45) is 5.73 Å². The Morgan fingerprint density at radius 1 is 1.64 bits per heavy atom. The van der Waals surface area contributed by atoms with E-state index in [4.69, 9.17) is 22.4 Å². The first-order chi connectivity index (χ1) is 6.56. The molecule has 0 amide bonds. The Labute approximate surface area is 91.2 Å². The van der Waals surface area contributed by atoms with Gasteiger partial charge in [-0.05, 0) is 24.0 Å². The largest absolute Gasteiger partial charge is 0.480 e. The van der Waals surface area contributed by atoms with Crippen molar-refractivity contribution in [3.63, 3.8) is 0 Å². The average Bonchev–Trinajstić information content (AvgIpc) is 2.16. The lowest BCUT2D eigenvalue weighted by atomic mass is 10.1. The Bertz CT molecular complexity index is 357. The monoisotopic (exact) mass is 231 g/mol. The number of carboxylic acid groups (broad SMARTS) is 1. The Balaban J connectivity index is 3.02. The number of hydrogen-bond donors (Lipinski definition) is 2. The van der Waals surface area contributed by atoms with Gasteiger partial charge in [-0.1, -0.05) is 17.7 Å². The van der Waals surface area contributed by atoms with Gasteiger partial charge in [-0.25, -0.2) is 0 Å². The molecule has 0 radical (unpaired) electrons. The fraction of sp³-hybridized carbons (Fsp3) is 0.222. The average molecular weight is 232 g/mol. The molecule has 0 heterocycles. The van der Waals surface area contributed by atoms with Crippen molar-refractivity contribution >= 4 is 29.3 Å². The lowest BCUT2D eigenvalue weighted by Gasteiger charge is -2.08. The molecule has 0 fully saturated rings. The summed E-state index contributed by atoms with van der Waals surface area (Å²) in [6.07, 6.45) is 1.90. The molecule has 1 aromatic rings. The van der Waals surface area contributed by atoms with Gasteiger partial charge in [0.2, 0.25) is 0 Å². The lowest BCUT2D eigenvalue weighted by molar-refractivity contribution is -0.138. The van der Waals surface area contributed by atoms with Crippen LogP contribution in [0.2, 0.25) is 5.02 Å². The summed E-state index contributed by atoms with van der Waals surface area (Å²) in [6, 6.07) is 4.02. The summed E-state index contributed by atoms with van der Waals surface area (Å²) in [6.45, 7) is 0. The van der Waals surface area contributed by atoms with Crippen LogP contribution in [-0.2, 0) is 4.79 Å². The molecule has 3 nitrogen and oxygen atoms in total. The molecule has 76 valence electrons. The second-order valence-electron chi connectivity index (χ2n) is 2.71. The number of aliphatic carboxylic acids is 1. The van der Waals surface area contributed by atoms with E-state index in [-0.39, 0.29) is 0 Å². The minimum Gasteiger partial charge on any atom is -0.480 e. The van der Waals surface area contributed by atoms with Crippen LogP contribution in [0.4, 0.5) is 0 Å². The molecule has 0 spiro atoms. The van der Waals surface area contributed by atoms with Crippen LogP contribution in [0.1, 0.15) is 11.6 Å². The molecule has 1 unspecified atom stereocenters. The van der Waals surface area contributed by atoms with Crippen LogP contribution >= 0.6 is 23.4 Å². The molecule has 0 saturated carbocycles. The predicted molar refractivity (Wildman–Crippen MR) is 57.8 cm³/mol. The van der Waals surface area contributed by atoms with E-state index in [1.54, 1.807) is 18.2 Å². The number of carboxylic acids is 1. The van der Waals surface area contributed by atoms with Crippen LogP contribution in [0.15, 0.2) is 23.1 Å². The molecule has 1 atom stereocenters. The molecule has 0 aliphatic rings. The highest BCUT2D eigenvalue weighted by Gasteiger charge is 2.14. The molecule has 0 bridgehead atoms. The van der Waals surface area contributed by atoms with E-state index in [0.29, 0.717) is 10.6 Å². The molecule has 0 aromatic heterocycles. The molecular formula is C9H10ClNO2S. The van der Waals surface area contributed by atoms with Gasteiger partial charge in [0, 0.05) is 4.90 Å². The van der Waals surface area contributed by atoms with Gasteiger partial charge < -0.3 is 10.8 Å². The first-order valence-corrected chi connectivity index (χ1v) is 5.48. The van der Waals surface area contributed by atoms with E-state index in [2.05, 4.69) is 0 Å². The van der Waals surface area contributed by atoms with Crippen molar-refractivity contribution in [1.29, 1.82) is 0 Å². The zero-order chi connectivity index (χ0) is 10.7. The molecule has 14 heavy (non-hydrogen) atoms. The van der Waals surface area contributed by atoms with Crippen LogP contribution < -0.4 is 5.73 Å². The van der Waals surface area contributed by atoms with Crippen LogP contribution in [0.5, 0.6) is 0 Å². The maximum atomic E-state index is 10.6.